The van der Waals surface area contributed by atoms with Crippen LogP contribution in [-0.4, -0.2) is 12.7 Å². The molecule has 0 aliphatic rings. The van der Waals surface area contributed by atoms with Gasteiger partial charge in [0.05, 0.1) is 6.61 Å². The van der Waals surface area contributed by atoms with Gasteiger partial charge in [-0.1, -0.05) is 116 Å². The second-order valence-electron chi connectivity index (χ2n) is 7.29. The summed E-state index contributed by atoms with van der Waals surface area (Å²) >= 11 is 0. The van der Waals surface area contributed by atoms with E-state index in [-0.39, 0.29) is 0 Å². The topological polar surface area (TPSA) is 64.3 Å². The van der Waals surface area contributed by atoms with Crippen LogP contribution in [0.25, 0.3) is 0 Å². The molecule has 4 nitrogen and oxygen atoms in total. The van der Waals surface area contributed by atoms with Gasteiger partial charge in [0, 0.05) is 0 Å². The van der Waals surface area contributed by atoms with Gasteiger partial charge >= 0.3 is 6.09 Å². The summed E-state index contributed by atoms with van der Waals surface area (Å²) in [5.41, 5.74) is 1.96. The van der Waals surface area contributed by atoms with Crippen LogP contribution in [0.5, 0.6) is 0 Å². The number of hydrogen-bond acceptors (Lipinski definition) is 3. The number of nitrogens with one attached hydrogen (secondary N) is 1. The number of ether oxygens (including phenoxy) is 1. The molecule has 0 unspecified atom stereocenters. The van der Waals surface area contributed by atoms with E-state index in [1.807, 2.05) is 5.43 Å². The van der Waals surface area contributed by atoms with Gasteiger partial charge in [-0.2, -0.15) is 0 Å². The maximum atomic E-state index is 10.7. The van der Waals surface area contributed by atoms with Crippen molar-refractivity contribution >= 4 is 6.09 Å². The number of amides is 1. The average molecular weight is 357 g/mol. The molecule has 0 rings (SSSR count). The first kappa shape index (κ1) is 24.2. The van der Waals surface area contributed by atoms with Crippen LogP contribution in [0.1, 0.15) is 122 Å². The van der Waals surface area contributed by atoms with E-state index in [9.17, 15) is 4.79 Å². The molecule has 0 aromatic carbocycles. The van der Waals surface area contributed by atoms with Crippen molar-refractivity contribution in [2.45, 2.75) is 122 Å². The fourth-order valence-corrected chi connectivity index (χ4v) is 3.21. The Morgan fingerprint density at radius 3 is 1.28 bits per heavy atom. The van der Waals surface area contributed by atoms with Crippen molar-refractivity contribution in [3.8, 4) is 0 Å². The van der Waals surface area contributed by atoms with Crippen molar-refractivity contribution in [2.24, 2.45) is 5.84 Å². The minimum Gasteiger partial charge on any atom is -0.449 e. The third kappa shape index (κ3) is 21.2. The summed E-state index contributed by atoms with van der Waals surface area (Å²) < 4.78 is 4.85. The number of carbonyl (C=O) groups is 1. The van der Waals surface area contributed by atoms with Gasteiger partial charge in [0.2, 0.25) is 0 Å². The highest BCUT2D eigenvalue weighted by atomic mass is 16.5. The zero-order chi connectivity index (χ0) is 18.4. The van der Waals surface area contributed by atoms with Gasteiger partial charge < -0.3 is 4.74 Å². The maximum Gasteiger partial charge on any atom is 0.421 e. The summed E-state index contributed by atoms with van der Waals surface area (Å²) in [4.78, 5) is 10.7. The highest BCUT2D eigenvalue weighted by Crippen LogP contribution is 2.14. The smallest absolute Gasteiger partial charge is 0.421 e. The molecule has 1 amide bonds. The number of unbranched alkanes of at least 4 members (excludes halogenated alkanes) is 17. The van der Waals surface area contributed by atoms with Crippen LogP contribution in [0.4, 0.5) is 4.79 Å². The Hall–Kier alpha value is -0.770. The number of nitrogens with two attached hydrogens (primary N) is 1. The van der Waals surface area contributed by atoms with Gasteiger partial charge in [0.1, 0.15) is 0 Å². The van der Waals surface area contributed by atoms with E-state index in [1.165, 1.54) is 103 Å². The Labute approximate surface area is 156 Å². The third-order valence-corrected chi connectivity index (χ3v) is 4.85. The first-order chi connectivity index (χ1) is 12.3. The first-order valence-electron chi connectivity index (χ1n) is 10.9. The molecular weight excluding hydrogens is 312 g/mol. The van der Waals surface area contributed by atoms with E-state index < -0.39 is 6.09 Å². The highest BCUT2D eigenvalue weighted by molar-refractivity contribution is 5.66. The SMILES string of the molecule is CCCCCCCCCCCCCCCCCCCCOC(=O)NN. The molecule has 0 radical (unpaired) electrons. The van der Waals surface area contributed by atoms with Gasteiger partial charge in [-0.15, -0.1) is 0 Å². The molecule has 0 bridgehead atoms. The summed E-state index contributed by atoms with van der Waals surface area (Å²) in [5, 5.41) is 0. The second kappa shape index (κ2) is 21.3. The van der Waals surface area contributed by atoms with Crippen molar-refractivity contribution in [1.82, 2.24) is 5.43 Å². The molecule has 0 heterocycles. The molecule has 0 saturated heterocycles. The van der Waals surface area contributed by atoms with Gasteiger partial charge in [-0.05, 0) is 6.42 Å². The van der Waals surface area contributed by atoms with Crippen LogP contribution in [-0.2, 0) is 4.74 Å². The van der Waals surface area contributed by atoms with Crippen molar-refractivity contribution < 1.29 is 9.53 Å². The molecule has 4 heteroatoms. The van der Waals surface area contributed by atoms with E-state index >= 15 is 0 Å². The number of hydrazine groups is 1. The van der Waals surface area contributed by atoms with Crippen LogP contribution >= 0.6 is 0 Å². The molecule has 25 heavy (non-hydrogen) atoms. The molecule has 150 valence electrons. The Morgan fingerprint density at radius 2 is 0.960 bits per heavy atom. The summed E-state index contributed by atoms with van der Waals surface area (Å²) in [7, 11) is 0. The number of rotatable bonds is 19. The molecule has 0 fully saturated rings. The summed E-state index contributed by atoms with van der Waals surface area (Å²) in [6.07, 6.45) is 23.9. The third-order valence-electron chi connectivity index (χ3n) is 4.85. The summed E-state index contributed by atoms with van der Waals surface area (Å²) in [6.45, 7) is 2.76. The van der Waals surface area contributed by atoms with Crippen LogP contribution in [0.3, 0.4) is 0 Å². The van der Waals surface area contributed by atoms with Crippen LogP contribution in [0.15, 0.2) is 0 Å². The van der Waals surface area contributed by atoms with E-state index in [0.717, 1.165) is 12.8 Å². The van der Waals surface area contributed by atoms with Gasteiger partial charge in [-0.25, -0.2) is 10.6 Å². The minimum absolute atomic E-state index is 0.474. The molecule has 0 aromatic rings. The van der Waals surface area contributed by atoms with Gasteiger partial charge in [-0.3, -0.25) is 5.43 Å². The van der Waals surface area contributed by atoms with Gasteiger partial charge in [0.15, 0.2) is 0 Å². The van der Waals surface area contributed by atoms with Crippen LogP contribution in [0, 0.1) is 0 Å². The first-order valence-corrected chi connectivity index (χ1v) is 10.9. The molecule has 0 aliphatic carbocycles. The molecule has 3 N–H and O–H groups in total. The minimum atomic E-state index is -0.535. The predicted octanol–water partition coefficient (Wildman–Crippen LogP) is 6.63. The average Bonchev–Trinajstić information content (AvgIpc) is 2.63. The lowest BCUT2D eigenvalue weighted by Gasteiger charge is -2.04. The van der Waals surface area contributed by atoms with E-state index in [2.05, 4.69) is 6.92 Å². The Kier molecular flexibility index (Phi) is 20.6. The Balaban J connectivity index is 2.99. The maximum absolute atomic E-state index is 10.7. The lowest BCUT2D eigenvalue weighted by Crippen LogP contribution is -2.30. The van der Waals surface area contributed by atoms with Gasteiger partial charge in [0.25, 0.3) is 0 Å². The highest BCUT2D eigenvalue weighted by Gasteiger charge is 1.97. The predicted molar refractivity (Wildman–Crippen MR) is 107 cm³/mol. The zero-order valence-corrected chi connectivity index (χ0v) is 16.8. The lowest BCUT2D eigenvalue weighted by molar-refractivity contribution is 0.144. The van der Waals surface area contributed by atoms with Crippen molar-refractivity contribution in [3.63, 3.8) is 0 Å². The normalized spacial score (nSPS) is 10.8. The van der Waals surface area contributed by atoms with E-state index in [4.69, 9.17) is 10.6 Å². The van der Waals surface area contributed by atoms with Crippen LogP contribution in [0.2, 0.25) is 0 Å². The quantitative estimate of drug-likeness (QED) is 0.118. The molecule has 0 aliphatic heterocycles. The fraction of sp³-hybridized carbons (Fsp3) is 0.952. The largest absolute Gasteiger partial charge is 0.449 e. The molecule has 0 atom stereocenters. The second-order valence-corrected chi connectivity index (χ2v) is 7.29. The molecular formula is C21H44N2O2. The number of hydrogen-bond donors (Lipinski definition) is 2. The monoisotopic (exact) mass is 356 g/mol. The molecule has 0 spiro atoms. The van der Waals surface area contributed by atoms with Crippen molar-refractivity contribution in [2.75, 3.05) is 6.61 Å². The van der Waals surface area contributed by atoms with Crippen LogP contribution < -0.4 is 11.3 Å². The lowest BCUT2D eigenvalue weighted by atomic mass is 10.0. The number of carbonyl (C=O) groups excluding carboxylic acids is 1. The van der Waals surface area contributed by atoms with E-state index in [1.54, 1.807) is 0 Å². The zero-order valence-electron chi connectivity index (χ0n) is 16.8. The summed E-state index contributed by atoms with van der Waals surface area (Å²) in [5.74, 6) is 4.93. The van der Waals surface area contributed by atoms with Crippen molar-refractivity contribution in [3.05, 3.63) is 0 Å². The van der Waals surface area contributed by atoms with E-state index in [0.29, 0.717) is 6.61 Å². The summed E-state index contributed by atoms with van der Waals surface area (Å²) in [6, 6.07) is 0. The fourth-order valence-electron chi connectivity index (χ4n) is 3.21. The molecule has 0 saturated carbocycles. The Morgan fingerprint density at radius 1 is 0.640 bits per heavy atom. The van der Waals surface area contributed by atoms with Crippen molar-refractivity contribution in [1.29, 1.82) is 0 Å². The standard InChI is InChI=1S/C21H44N2O2/c1-2-3-4-5-6-7-8-9-10-11-12-13-14-15-16-17-18-19-20-25-21(24)23-22/h2-20,22H2,1H3,(H,23,24). The Bertz CT molecular complexity index is 273. The molecule has 0 aromatic heterocycles.